The van der Waals surface area contributed by atoms with Crippen LogP contribution >= 0.6 is 0 Å². The summed E-state index contributed by atoms with van der Waals surface area (Å²) in [6.07, 6.45) is 3.44. The van der Waals surface area contributed by atoms with Crippen LogP contribution in [0.1, 0.15) is 31.2 Å². The van der Waals surface area contributed by atoms with Crippen LogP contribution in [0, 0.1) is 0 Å². The van der Waals surface area contributed by atoms with Crippen molar-refractivity contribution >= 4 is 10.9 Å². The molecular weight excluding hydrogens is 414 g/mol. The van der Waals surface area contributed by atoms with Gasteiger partial charge in [0, 0.05) is 30.6 Å². The first-order chi connectivity index (χ1) is 16.1. The van der Waals surface area contributed by atoms with E-state index < -0.39 is 0 Å². The van der Waals surface area contributed by atoms with Gasteiger partial charge in [-0.15, -0.1) is 0 Å². The van der Waals surface area contributed by atoms with Gasteiger partial charge < -0.3 is 5.11 Å². The topological polar surface area (TPSA) is 97.0 Å². The second-order valence-electron chi connectivity index (χ2n) is 9.37. The Morgan fingerprint density at radius 2 is 1.85 bits per heavy atom. The second kappa shape index (κ2) is 7.97. The molecule has 4 heterocycles. The van der Waals surface area contributed by atoms with Gasteiger partial charge in [0.25, 0.3) is 0 Å². The molecule has 0 radical (unpaired) electrons. The molecule has 2 aliphatic rings. The maximum atomic E-state index is 9.83. The lowest BCUT2D eigenvalue weighted by Gasteiger charge is -2.38. The number of phenols is 1. The molecule has 0 amide bonds. The molecule has 0 aliphatic carbocycles. The van der Waals surface area contributed by atoms with Crippen molar-refractivity contribution in [2.45, 2.75) is 44.8 Å². The fourth-order valence-electron chi connectivity index (χ4n) is 5.53. The standard InChI is InChI=1S/C25H29N7O/c1-3-15-10-19(33)7-9-20(15)16-4-8-21-22(11-16)27-29-24(21)25-26-23(28-30-25)14-32-12-17-5-6-18(13-32)31(17)2/h4,7-11,17-18,33H,3,5-6,12-14H2,1-2H3,(H,27,29)(H,26,28,30). The Morgan fingerprint density at radius 1 is 1.03 bits per heavy atom. The fraction of sp³-hybridized carbons (Fsp3) is 0.400. The van der Waals surface area contributed by atoms with E-state index in [1.165, 1.54) is 12.8 Å². The average molecular weight is 444 g/mol. The Labute approximate surface area is 192 Å². The van der Waals surface area contributed by atoms with E-state index in [1.807, 2.05) is 12.1 Å². The number of aryl methyl sites for hydroxylation is 1. The van der Waals surface area contributed by atoms with E-state index >= 15 is 0 Å². The third-order valence-corrected chi connectivity index (χ3v) is 7.39. The number of aromatic amines is 2. The highest BCUT2D eigenvalue weighted by Gasteiger charge is 2.37. The number of H-pyrrole nitrogens is 2. The van der Waals surface area contributed by atoms with Gasteiger partial charge in [-0.05, 0) is 67.3 Å². The van der Waals surface area contributed by atoms with Crippen LogP contribution in [0.5, 0.6) is 5.75 Å². The van der Waals surface area contributed by atoms with E-state index in [0.717, 1.165) is 65.2 Å². The molecule has 6 rings (SSSR count). The minimum absolute atomic E-state index is 0.297. The zero-order chi connectivity index (χ0) is 22.5. The Morgan fingerprint density at radius 3 is 2.64 bits per heavy atom. The van der Waals surface area contributed by atoms with E-state index in [1.54, 1.807) is 6.07 Å². The number of benzene rings is 2. The number of likely N-dealkylation sites (N-methyl/N-ethyl adjacent to an activating group) is 1. The average Bonchev–Trinajstić information content (AvgIpc) is 3.49. The molecule has 8 heteroatoms. The molecule has 2 atom stereocenters. The highest BCUT2D eigenvalue weighted by Crippen LogP contribution is 2.32. The van der Waals surface area contributed by atoms with Crippen molar-refractivity contribution in [1.82, 2.24) is 35.2 Å². The summed E-state index contributed by atoms with van der Waals surface area (Å²) in [6.45, 7) is 5.04. The van der Waals surface area contributed by atoms with Gasteiger partial charge in [0.15, 0.2) is 11.6 Å². The van der Waals surface area contributed by atoms with Gasteiger partial charge in [0.2, 0.25) is 0 Å². The normalized spacial score (nSPS) is 21.3. The number of nitrogens with zero attached hydrogens (tertiary/aromatic N) is 5. The van der Waals surface area contributed by atoms with Crippen LogP contribution in [-0.4, -0.2) is 72.5 Å². The van der Waals surface area contributed by atoms with Gasteiger partial charge in [-0.3, -0.25) is 20.0 Å². The molecule has 0 spiro atoms. The first-order valence-electron chi connectivity index (χ1n) is 11.8. The monoisotopic (exact) mass is 443 g/mol. The summed E-state index contributed by atoms with van der Waals surface area (Å²) >= 11 is 0. The number of rotatable bonds is 5. The zero-order valence-corrected chi connectivity index (χ0v) is 19.0. The van der Waals surface area contributed by atoms with Crippen LogP contribution in [0.2, 0.25) is 0 Å². The summed E-state index contributed by atoms with van der Waals surface area (Å²) in [5.74, 6) is 1.81. The Hall–Kier alpha value is -3.23. The van der Waals surface area contributed by atoms with Gasteiger partial charge in [-0.2, -0.15) is 10.2 Å². The van der Waals surface area contributed by atoms with Crippen LogP contribution in [0.3, 0.4) is 0 Å². The summed E-state index contributed by atoms with van der Waals surface area (Å²) in [7, 11) is 2.25. The molecule has 8 nitrogen and oxygen atoms in total. The van der Waals surface area contributed by atoms with E-state index in [4.69, 9.17) is 4.98 Å². The fourth-order valence-corrected chi connectivity index (χ4v) is 5.53. The van der Waals surface area contributed by atoms with E-state index in [-0.39, 0.29) is 0 Å². The van der Waals surface area contributed by atoms with Crippen molar-refractivity contribution in [2.75, 3.05) is 20.1 Å². The van der Waals surface area contributed by atoms with Crippen LogP contribution in [-0.2, 0) is 13.0 Å². The predicted molar refractivity (Wildman–Crippen MR) is 128 cm³/mol. The van der Waals surface area contributed by atoms with Gasteiger partial charge in [-0.1, -0.05) is 19.1 Å². The third kappa shape index (κ3) is 3.59. The molecule has 4 aromatic rings. The Balaban J connectivity index is 1.25. The summed E-state index contributed by atoms with van der Waals surface area (Å²) < 4.78 is 0. The van der Waals surface area contributed by atoms with Gasteiger partial charge in [0.05, 0.1) is 12.1 Å². The number of likely N-dealkylation sites (tertiary alicyclic amines) is 1. The van der Waals surface area contributed by atoms with Gasteiger partial charge >= 0.3 is 0 Å². The summed E-state index contributed by atoms with van der Waals surface area (Å²) in [5.41, 5.74) is 5.07. The SMILES string of the molecule is CCc1cc(O)ccc1-c1ccc2c(-c3nc(CN4CC5CCC(C4)N5C)n[nH]3)n[nH]c2c1. The summed E-state index contributed by atoms with van der Waals surface area (Å²) in [5, 5.41) is 26.1. The summed E-state index contributed by atoms with van der Waals surface area (Å²) in [4.78, 5) is 9.78. The highest BCUT2D eigenvalue weighted by molar-refractivity contribution is 5.94. The van der Waals surface area contributed by atoms with E-state index in [9.17, 15) is 5.11 Å². The van der Waals surface area contributed by atoms with E-state index in [2.05, 4.69) is 62.4 Å². The van der Waals surface area contributed by atoms with Crippen LogP contribution in [0.4, 0.5) is 0 Å². The number of nitrogens with one attached hydrogen (secondary N) is 2. The molecule has 2 unspecified atom stereocenters. The minimum Gasteiger partial charge on any atom is -0.508 e. The highest BCUT2D eigenvalue weighted by atomic mass is 16.3. The molecule has 0 saturated carbocycles. The summed E-state index contributed by atoms with van der Waals surface area (Å²) in [6, 6.07) is 13.1. The van der Waals surface area contributed by atoms with E-state index in [0.29, 0.717) is 23.7 Å². The van der Waals surface area contributed by atoms with Crippen molar-refractivity contribution in [2.24, 2.45) is 0 Å². The molecule has 170 valence electrons. The zero-order valence-electron chi connectivity index (χ0n) is 19.0. The van der Waals surface area contributed by atoms with Crippen LogP contribution < -0.4 is 0 Å². The third-order valence-electron chi connectivity index (χ3n) is 7.39. The number of hydrogen-bond donors (Lipinski definition) is 3. The van der Waals surface area contributed by atoms with Crippen LogP contribution in [0.25, 0.3) is 33.5 Å². The number of hydrogen-bond acceptors (Lipinski definition) is 6. The van der Waals surface area contributed by atoms with Crippen molar-refractivity contribution in [3.63, 3.8) is 0 Å². The number of piperazine rings is 1. The van der Waals surface area contributed by atoms with Gasteiger partial charge in [0.1, 0.15) is 11.4 Å². The molecule has 3 N–H and O–H groups in total. The number of phenolic OH excluding ortho intramolecular Hbond substituents is 1. The van der Waals surface area contributed by atoms with Crippen molar-refractivity contribution in [1.29, 1.82) is 0 Å². The van der Waals surface area contributed by atoms with Crippen LogP contribution in [0.15, 0.2) is 36.4 Å². The molecule has 2 aromatic heterocycles. The lowest BCUT2D eigenvalue weighted by atomic mass is 9.97. The lowest BCUT2D eigenvalue weighted by Crippen LogP contribution is -2.51. The van der Waals surface area contributed by atoms with Crippen molar-refractivity contribution < 1.29 is 5.11 Å². The molecule has 2 aromatic carbocycles. The Bertz CT molecular complexity index is 1300. The number of aromatic hydroxyl groups is 1. The lowest BCUT2D eigenvalue weighted by molar-refractivity contribution is 0.0820. The molecule has 33 heavy (non-hydrogen) atoms. The largest absolute Gasteiger partial charge is 0.508 e. The first-order valence-corrected chi connectivity index (χ1v) is 11.8. The first kappa shape index (κ1) is 20.4. The van der Waals surface area contributed by atoms with Crippen molar-refractivity contribution in [3.05, 3.63) is 47.8 Å². The maximum absolute atomic E-state index is 9.83. The molecular formula is C25H29N7O. The smallest absolute Gasteiger partial charge is 0.177 e. The molecule has 2 fully saturated rings. The second-order valence-corrected chi connectivity index (χ2v) is 9.37. The number of aromatic nitrogens is 5. The predicted octanol–water partition coefficient (Wildman–Crippen LogP) is 3.56. The molecule has 2 saturated heterocycles. The minimum atomic E-state index is 0.297. The van der Waals surface area contributed by atoms with Crippen molar-refractivity contribution in [3.8, 4) is 28.4 Å². The van der Waals surface area contributed by atoms with Gasteiger partial charge in [-0.25, -0.2) is 4.98 Å². The maximum Gasteiger partial charge on any atom is 0.177 e. The quantitative estimate of drug-likeness (QED) is 0.436. The molecule has 2 bridgehead atoms. The number of fused-ring (bicyclic) bond motifs is 3. The molecule has 2 aliphatic heterocycles. The Kier molecular flexibility index (Phi) is 4.92.